The Morgan fingerprint density at radius 2 is 2.00 bits per heavy atom. The van der Waals surface area contributed by atoms with Gasteiger partial charge in [0.2, 0.25) is 0 Å². The zero-order valence-electron chi connectivity index (χ0n) is 10.3. The molecule has 90 valence electrons. The zero-order valence-corrected chi connectivity index (χ0v) is 11.1. The standard InChI is InChI=1S/C12H26N2S/c1-3-4-8-14(2)9-7-13-12-5-10-15-11-6-12/h12-13H,3-11H2,1-2H3. The molecule has 1 heterocycles. The molecular formula is C12H26N2S. The lowest BCUT2D eigenvalue weighted by atomic mass is 10.1. The van der Waals surface area contributed by atoms with Crippen molar-refractivity contribution in [2.24, 2.45) is 0 Å². The van der Waals surface area contributed by atoms with Gasteiger partial charge in [0.05, 0.1) is 0 Å². The van der Waals surface area contributed by atoms with Crippen molar-refractivity contribution in [3.8, 4) is 0 Å². The van der Waals surface area contributed by atoms with Gasteiger partial charge in [-0.3, -0.25) is 0 Å². The summed E-state index contributed by atoms with van der Waals surface area (Å²) < 4.78 is 0. The first-order valence-corrected chi connectivity index (χ1v) is 7.48. The lowest BCUT2D eigenvalue weighted by molar-refractivity contribution is 0.315. The highest BCUT2D eigenvalue weighted by Gasteiger charge is 2.12. The van der Waals surface area contributed by atoms with Crippen LogP contribution in [0.1, 0.15) is 32.6 Å². The highest BCUT2D eigenvalue weighted by Crippen LogP contribution is 2.16. The average molecular weight is 230 g/mol. The van der Waals surface area contributed by atoms with Crippen LogP contribution < -0.4 is 5.32 Å². The highest BCUT2D eigenvalue weighted by atomic mass is 32.2. The van der Waals surface area contributed by atoms with E-state index in [0.29, 0.717) is 0 Å². The normalized spacial score (nSPS) is 18.6. The summed E-state index contributed by atoms with van der Waals surface area (Å²) in [5.74, 6) is 2.70. The second-order valence-electron chi connectivity index (χ2n) is 4.50. The first-order valence-electron chi connectivity index (χ1n) is 6.32. The molecule has 0 saturated carbocycles. The summed E-state index contributed by atoms with van der Waals surface area (Å²) in [6.07, 6.45) is 5.36. The number of rotatable bonds is 7. The second-order valence-corrected chi connectivity index (χ2v) is 5.72. The van der Waals surface area contributed by atoms with Crippen LogP contribution in [0.25, 0.3) is 0 Å². The molecule has 1 N–H and O–H groups in total. The van der Waals surface area contributed by atoms with Crippen molar-refractivity contribution < 1.29 is 0 Å². The number of unbranched alkanes of at least 4 members (excludes halogenated alkanes) is 1. The summed E-state index contributed by atoms with van der Waals surface area (Å²) in [6, 6.07) is 0.797. The Balaban J connectivity index is 1.94. The third-order valence-corrected chi connectivity index (χ3v) is 4.09. The molecule has 1 fully saturated rings. The first kappa shape index (κ1) is 13.3. The van der Waals surface area contributed by atoms with E-state index in [1.54, 1.807) is 0 Å². The van der Waals surface area contributed by atoms with Gasteiger partial charge in [0, 0.05) is 19.1 Å². The van der Waals surface area contributed by atoms with Gasteiger partial charge in [-0.05, 0) is 44.4 Å². The Hall–Kier alpha value is 0.270. The van der Waals surface area contributed by atoms with Crippen LogP contribution in [0.4, 0.5) is 0 Å². The van der Waals surface area contributed by atoms with Gasteiger partial charge in [-0.25, -0.2) is 0 Å². The van der Waals surface area contributed by atoms with E-state index in [-0.39, 0.29) is 0 Å². The smallest absolute Gasteiger partial charge is 0.0104 e. The van der Waals surface area contributed by atoms with Gasteiger partial charge in [-0.15, -0.1) is 0 Å². The van der Waals surface area contributed by atoms with Crippen LogP contribution in [0.3, 0.4) is 0 Å². The molecule has 3 heteroatoms. The molecule has 0 aromatic carbocycles. The fourth-order valence-electron chi connectivity index (χ4n) is 1.90. The highest BCUT2D eigenvalue weighted by molar-refractivity contribution is 7.99. The van der Waals surface area contributed by atoms with Crippen molar-refractivity contribution in [1.82, 2.24) is 10.2 Å². The van der Waals surface area contributed by atoms with Gasteiger partial charge in [-0.2, -0.15) is 11.8 Å². The van der Waals surface area contributed by atoms with Crippen molar-refractivity contribution in [3.05, 3.63) is 0 Å². The Morgan fingerprint density at radius 3 is 2.67 bits per heavy atom. The monoisotopic (exact) mass is 230 g/mol. The summed E-state index contributed by atoms with van der Waals surface area (Å²) in [4.78, 5) is 2.44. The number of thioether (sulfide) groups is 1. The molecule has 15 heavy (non-hydrogen) atoms. The first-order chi connectivity index (χ1) is 7.33. The van der Waals surface area contributed by atoms with Crippen LogP contribution in [0.15, 0.2) is 0 Å². The molecule has 1 rings (SSSR count). The van der Waals surface area contributed by atoms with Gasteiger partial charge in [0.1, 0.15) is 0 Å². The summed E-state index contributed by atoms with van der Waals surface area (Å²) in [7, 11) is 2.23. The number of nitrogens with one attached hydrogen (secondary N) is 1. The molecule has 1 aliphatic rings. The Kier molecular flexibility index (Phi) is 7.49. The molecule has 0 aromatic rings. The van der Waals surface area contributed by atoms with Crippen LogP contribution in [0.5, 0.6) is 0 Å². The van der Waals surface area contributed by atoms with Crippen LogP contribution in [-0.2, 0) is 0 Å². The molecule has 0 aliphatic carbocycles. The summed E-state index contributed by atoms with van der Waals surface area (Å²) >= 11 is 2.10. The van der Waals surface area contributed by atoms with E-state index in [9.17, 15) is 0 Å². The van der Waals surface area contributed by atoms with E-state index in [1.807, 2.05) is 0 Å². The minimum atomic E-state index is 0.797. The second kappa shape index (κ2) is 8.43. The van der Waals surface area contributed by atoms with E-state index in [4.69, 9.17) is 0 Å². The largest absolute Gasteiger partial charge is 0.313 e. The SMILES string of the molecule is CCCCN(C)CCNC1CCSCC1. The molecule has 0 radical (unpaired) electrons. The third kappa shape index (κ3) is 6.44. The van der Waals surface area contributed by atoms with Crippen molar-refractivity contribution in [1.29, 1.82) is 0 Å². The molecule has 0 spiro atoms. The molecular weight excluding hydrogens is 204 g/mol. The summed E-state index contributed by atoms with van der Waals surface area (Å²) in [5, 5.41) is 3.67. The van der Waals surface area contributed by atoms with Crippen LogP contribution in [0.2, 0.25) is 0 Å². The van der Waals surface area contributed by atoms with Gasteiger partial charge in [0.15, 0.2) is 0 Å². The summed E-state index contributed by atoms with van der Waals surface area (Å²) in [5.41, 5.74) is 0. The maximum absolute atomic E-state index is 3.67. The van der Waals surface area contributed by atoms with E-state index >= 15 is 0 Å². The van der Waals surface area contributed by atoms with E-state index in [0.717, 1.165) is 12.6 Å². The number of likely N-dealkylation sites (N-methyl/N-ethyl adjacent to an activating group) is 1. The minimum Gasteiger partial charge on any atom is -0.313 e. The fourth-order valence-corrected chi connectivity index (χ4v) is 3.01. The molecule has 0 unspecified atom stereocenters. The third-order valence-electron chi connectivity index (χ3n) is 3.04. The number of nitrogens with zero attached hydrogens (tertiary/aromatic N) is 1. The molecule has 2 nitrogen and oxygen atoms in total. The predicted molar refractivity (Wildman–Crippen MR) is 70.8 cm³/mol. The van der Waals surface area contributed by atoms with Crippen LogP contribution in [0, 0.1) is 0 Å². The molecule has 0 atom stereocenters. The maximum atomic E-state index is 3.67. The Morgan fingerprint density at radius 1 is 1.27 bits per heavy atom. The number of hydrogen-bond donors (Lipinski definition) is 1. The van der Waals surface area contributed by atoms with E-state index in [1.165, 1.54) is 50.3 Å². The van der Waals surface area contributed by atoms with E-state index < -0.39 is 0 Å². The molecule has 1 aliphatic heterocycles. The van der Waals surface area contributed by atoms with E-state index in [2.05, 4.69) is 35.9 Å². The van der Waals surface area contributed by atoms with Crippen molar-refractivity contribution in [2.45, 2.75) is 38.6 Å². The van der Waals surface area contributed by atoms with Crippen LogP contribution in [-0.4, -0.2) is 49.1 Å². The van der Waals surface area contributed by atoms with Gasteiger partial charge < -0.3 is 10.2 Å². The molecule has 1 saturated heterocycles. The fraction of sp³-hybridized carbons (Fsp3) is 1.00. The van der Waals surface area contributed by atoms with Crippen molar-refractivity contribution in [2.75, 3.05) is 38.2 Å². The van der Waals surface area contributed by atoms with Crippen LogP contribution >= 0.6 is 11.8 Å². The Labute approximate surface area is 99.2 Å². The van der Waals surface area contributed by atoms with Gasteiger partial charge in [-0.1, -0.05) is 13.3 Å². The van der Waals surface area contributed by atoms with Crippen molar-refractivity contribution >= 4 is 11.8 Å². The van der Waals surface area contributed by atoms with Crippen molar-refractivity contribution in [3.63, 3.8) is 0 Å². The quantitative estimate of drug-likeness (QED) is 0.722. The van der Waals surface area contributed by atoms with Gasteiger partial charge in [0.25, 0.3) is 0 Å². The number of hydrogen-bond acceptors (Lipinski definition) is 3. The van der Waals surface area contributed by atoms with Gasteiger partial charge >= 0.3 is 0 Å². The molecule has 0 amide bonds. The Bertz CT molecular complexity index is 147. The topological polar surface area (TPSA) is 15.3 Å². The molecule has 0 bridgehead atoms. The summed E-state index contributed by atoms with van der Waals surface area (Å²) in [6.45, 7) is 5.86. The maximum Gasteiger partial charge on any atom is 0.0104 e. The lowest BCUT2D eigenvalue weighted by Gasteiger charge is -2.24. The lowest BCUT2D eigenvalue weighted by Crippen LogP contribution is -2.38. The predicted octanol–water partition coefficient (Wildman–Crippen LogP) is 2.20. The zero-order chi connectivity index (χ0) is 10.9. The minimum absolute atomic E-state index is 0.797. The average Bonchev–Trinajstić information content (AvgIpc) is 2.28. The molecule has 0 aromatic heterocycles.